The Morgan fingerprint density at radius 2 is 1.74 bits per heavy atom. The third kappa shape index (κ3) is 4.54. The number of para-hydroxylation sites is 1. The molecule has 34 heavy (non-hydrogen) atoms. The van der Waals surface area contributed by atoms with Crippen LogP contribution in [-0.4, -0.2) is 15.0 Å². The number of nitrogens with one attached hydrogen (secondary N) is 1. The van der Waals surface area contributed by atoms with Crippen molar-refractivity contribution >= 4 is 33.1 Å². The van der Waals surface area contributed by atoms with E-state index in [2.05, 4.69) is 5.32 Å². The van der Waals surface area contributed by atoms with Crippen LogP contribution in [0.25, 0.3) is 10.2 Å². The van der Waals surface area contributed by atoms with Crippen LogP contribution in [0.2, 0.25) is 0 Å². The quantitative estimate of drug-likeness (QED) is 0.449. The van der Waals surface area contributed by atoms with Crippen LogP contribution in [-0.2, 0) is 24.1 Å². The number of nitrogens with zero attached hydrogens (tertiary/aromatic N) is 2. The fraction of sp³-hybridized carbons (Fsp3) is 0.208. The van der Waals surface area contributed by atoms with E-state index < -0.39 is 41.1 Å². The van der Waals surface area contributed by atoms with Gasteiger partial charge in [-0.15, -0.1) is 11.3 Å². The molecule has 0 aliphatic rings. The minimum atomic E-state index is -4.65. The van der Waals surface area contributed by atoms with Gasteiger partial charge in [0.1, 0.15) is 11.2 Å². The first-order valence-corrected chi connectivity index (χ1v) is 11.2. The SMILES string of the molecule is Cc1ccc(Cn2c(=O)c3sccc3n(CC(=O)Nc3ccccc3C(F)(F)F)c2=O)cc1C. The van der Waals surface area contributed by atoms with Crippen LogP contribution in [0.15, 0.2) is 63.5 Å². The maximum atomic E-state index is 13.3. The van der Waals surface area contributed by atoms with Gasteiger partial charge in [0.05, 0.1) is 23.3 Å². The van der Waals surface area contributed by atoms with Crippen LogP contribution < -0.4 is 16.6 Å². The van der Waals surface area contributed by atoms with Gasteiger partial charge in [-0.3, -0.25) is 18.7 Å². The highest BCUT2D eigenvalue weighted by Crippen LogP contribution is 2.34. The Morgan fingerprint density at radius 1 is 1.00 bits per heavy atom. The summed E-state index contributed by atoms with van der Waals surface area (Å²) in [7, 11) is 0. The highest BCUT2D eigenvalue weighted by molar-refractivity contribution is 7.17. The standard InChI is InChI=1S/C24H20F3N3O3S/c1-14-7-8-16(11-15(14)2)12-30-22(32)21-19(9-10-34-21)29(23(30)33)13-20(31)28-18-6-4-3-5-17(18)24(25,26)27/h3-11H,12-13H2,1-2H3,(H,28,31). The summed E-state index contributed by atoms with van der Waals surface area (Å²) in [6.45, 7) is 3.33. The summed E-state index contributed by atoms with van der Waals surface area (Å²) in [5, 5.41) is 3.87. The molecule has 1 amide bonds. The van der Waals surface area contributed by atoms with E-state index >= 15 is 0 Å². The highest BCUT2D eigenvalue weighted by Gasteiger charge is 2.33. The maximum absolute atomic E-state index is 13.3. The lowest BCUT2D eigenvalue weighted by Crippen LogP contribution is -2.41. The number of halogens is 3. The smallest absolute Gasteiger partial charge is 0.324 e. The number of aryl methyl sites for hydroxylation is 2. The number of rotatable bonds is 5. The molecule has 0 saturated carbocycles. The number of thiophene rings is 1. The molecule has 176 valence electrons. The lowest BCUT2D eigenvalue weighted by Gasteiger charge is -2.15. The minimum absolute atomic E-state index is 0.00511. The molecule has 1 N–H and O–H groups in total. The van der Waals surface area contributed by atoms with E-state index in [0.717, 1.165) is 49.3 Å². The first-order chi connectivity index (χ1) is 16.1. The maximum Gasteiger partial charge on any atom is 0.418 e. The number of benzene rings is 2. The number of aromatic nitrogens is 2. The van der Waals surface area contributed by atoms with Crippen molar-refractivity contribution in [3.8, 4) is 0 Å². The fourth-order valence-electron chi connectivity index (χ4n) is 3.68. The highest BCUT2D eigenvalue weighted by atomic mass is 32.1. The van der Waals surface area contributed by atoms with Gasteiger partial charge in [-0.2, -0.15) is 13.2 Å². The van der Waals surface area contributed by atoms with Crippen LogP contribution in [0.4, 0.5) is 18.9 Å². The summed E-state index contributed by atoms with van der Waals surface area (Å²) in [5.74, 6) is -0.817. The molecular weight excluding hydrogens is 467 g/mol. The summed E-state index contributed by atoms with van der Waals surface area (Å²) >= 11 is 1.13. The zero-order chi connectivity index (χ0) is 24.6. The van der Waals surface area contributed by atoms with Crippen molar-refractivity contribution < 1.29 is 18.0 Å². The predicted octanol–water partition coefficient (Wildman–Crippen LogP) is 4.55. The molecule has 6 nitrogen and oxygen atoms in total. The normalized spacial score (nSPS) is 11.7. The Bertz CT molecular complexity index is 1520. The summed E-state index contributed by atoms with van der Waals surface area (Å²) in [5.41, 5.74) is 0.488. The molecule has 0 bridgehead atoms. The van der Waals surface area contributed by atoms with Gasteiger partial charge in [-0.1, -0.05) is 30.3 Å². The van der Waals surface area contributed by atoms with E-state index in [-0.39, 0.29) is 16.8 Å². The molecule has 0 spiro atoms. The molecule has 0 fully saturated rings. The lowest BCUT2D eigenvalue weighted by atomic mass is 10.1. The number of alkyl halides is 3. The molecule has 2 heterocycles. The number of amides is 1. The van der Waals surface area contributed by atoms with Crippen molar-refractivity contribution in [1.82, 2.24) is 9.13 Å². The molecule has 4 aromatic rings. The third-order valence-electron chi connectivity index (χ3n) is 5.56. The van der Waals surface area contributed by atoms with Gasteiger partial charge in [0, 0.05) is 0 Å². The van der Waals surface area contributed by atoms with E-state index in [4.69, 9.17) is 0 Å². The van der Waals surface area contributed by atoms with E-state index in [0.29, 0.717) is 0 Å². The monoisotopic (exact) mass is 487 g/mol. The number of fused-ring (bicyclic) bond motifs is 1. The fourth-order valence-corrected chi connectivity index (χ4v) is 4.53. The van der Waals surface area contributed by atoms with Crippen molar-refractivity contribution in [2.75, 3.05) is 5.32 Å². The molecule has 0 unspecified atom stereocenters. The summed E-state index contributed by atoms with van der Waals surface area (Å²) < 4.78 is 42.2. The van der Waals surface area contributed by atoms with Gasteiger partial charge in [0.25, 0.3) is 5.56 Å². The number of carbonyl (C=O) groups is 1. The van der Waals surface area contributed by atoms with Crippen molar-refractivity contribution in [1.29, 1.82) is 0 Å². The number of hydrogen-bond donors (Lipinski definition) is 1. The number of anilines is 1. The van der Waals surface area contributed by atoms with Gasteiger partial charge in [-0.25, -0.2) is 4.79 Å². The van der Waals surface area contributed by atoms with Gasteiger partial charge in [0.2, 0.25) is 5.91 Å². The Balaban J connectivity index is 1.72. The van der Waals surface area contributed by atoms with Crippen molar-refractivity contribution in [3.05, 3.63) is 97.0 Å². The Hall–Kier alpha value is -3.66. The summed E-state index contributed by atoms with van der Waals surface area (Å²) in [6, 6.07) is 11.7. The average Bonchev–Trinajstić information content (AvgIpc) is 3.26. The Morgan fingerprint density at radius 3 is 2.44 bits per heavy atom. The van der Waals surface area contributed by atoms with Crippen LogP contribution >= 0.6 is 11.3 Å². The van der Waals surface area contributed by atoms with Gasteiger partial charge in [0.15, 0.2) is 0 Å². The van der Waals surface area contributed by atoms with Gasteiger partial charge >= 0.3 is 11.9 Å². The van der Waals surface area contributed by atoms with Crippen LogP contribution in [0.1, 0.15) is 22.3 Å². The van der Waals surface area contributed by atoms with Crippen LogP contribution in [0.3, 0.4) is 0 Å². The zero-order valence-corrected chi connectivity index (χ0v) is 19.1. The molecule has 0 aliphatic carbocycles. The number of carbonyl (C=O) groups excluding carboxylic acids is 1. The average molecular weight is 488 g/mol. The molecule has 2 aromatic heterocycles. The summed E-state index contributed by atoms with van der Waals surface area (Å²) in [4.78, 5) is 38.9. The minimum Gasteiger partial charge on any atom is -0.324 e. The molecule has 10 heteroatoms. The molecule has 0 saturated heterocycles. The molecular formula is C24H20F3N3O3S. The van der Waals surface area contributed by atoms with E-state index in [9.17, 15) is 27.6 Å². The van der Waals surface area contributed by atoms with Crippen molar-refractivity contribution in [3.63, 3.8) is 0 Å². The lowest BCUT2D eigenvalue weighted by molar-refractivity contribution is -0.137. The Kier molecular flexibility index (Phi) is 6.18. The topological polar surface area (TPSA) is 73.1 Å². The van der Waals surface area contributed by atoms with Gasteiger partial charge in [-0.05, 0) is 54.1 Å². The van der Waals surface area contributed by atoms with Crippen LogP contribution in [0.5, 0.6) is 0 Å². The molecule has 2 aromatic carbocycles. The molecule has 4 rings (SSSR count). The molecule has 0 radical (unpaired) electrons. The second kappa shape index (κ2) is 8.94. The summed E-state index contributed by atoms with van der Waals surface area (Å²) in [6.07, 6.45) is -4.65. The third-order valence-corrected chi connectivity index (χ3v) is 6.45. The number of hydrogen-bond acceptors (Lipinski definition) is 4. The zero-order valence-electron chi connectivity index (χ0n) is 18.3. The molecule has 0 atom stereocenters. The molecule has 0 aliphatic heterocycles. The Labute approximate surface area is 195 Å². The van der Waals surface area contributed by atoms with Crippen molar-refractivity contribution in [2.45, 2.75) is 33.1 Å². The second-order valence-electron chi connectivity index (χ2n) is 7.91. The van der Waals surface area contributed by atoms with Gasteiger partial charge < -0.3 is 5.32 Å². The van der Waals surface area contributed by atoms with E-state index in [1.54, 1.807) is 11.4 Å². The largest absolute Gasteiger partial charge is 0.418 e. The van der Waals surface area contributed by atoms with Crippen LogP contribution in [0, 0.1) is 13.8 Å². The first kappa shape index (κ1) is 23.5. The van der Waals surface area contributed by atoms with E-state index in [1.165, 1.54) is 12.1 Å². The van der Waals surface area contributed by atoms with Crippen molar-refractivity contribution in [2.24, 2.45) is 0 Å². The second-order valence-corrected chi connectivity index (χ2v) is 8.82. The van der Waals surface area contributed by atoms with E-state index in [1.807, 2.05) is 32.0 Å². The first-order valence-electron chi connectivity index (χ1n) is 10.3. The predicted molar refractivity (Wildman–Crippen MR) is 125 cm³/mol.